The summed E-state index contributed by atoms with van der Waals surface area (Å²) < 4.78 is 15.6. The van der Waals surface area contributed by atoms with Crippen molar-refractivity contribution in [2.24, 2.45) is 0 Å². The van der Waals surface area contributed by atoms with E-state index in [2.05, 4.69) is 15.5 Å². The number of nitrogens with zero attached hydrogens (tertiary/aromatic N) is 2. The number of rotatable bonds is 9. The Labute approximate surface area is 170 Å². The Bertz CT molecular complexity index is 920. The lowest BCUT2D eigenvalue weighted by Gasteiger charge is -2.17. The third-order valence-corrected chi connectivity index (χ3v) is 4.64. The number of nitrogens with one attached hydrogen (secondary N) is 1. The number of methoxy groups -OCH3 is 2. The summed E-state index contributed by atoms with van der Waals surface area (Å²) in [5.41, 5.74) is 1.87. The van der Waals surface area contributed by atoms with E-state index in [1.807, 2.05) is 55.5 Å². The van der Waals surface area contributed by atoms with Gasteiger partial charge in [-0.05, 0) is 48.4 Å². The minimum absolute atomic E-state index is 0.0500. The van der Waals surface area contributed by atoms with Gasteiger partial charge in [-0.3, -0.25) is 4.79 Å². The predicted molar refractivity (Wildman–Crippen MR) is 109 cm³/mol. The Hall–Kier alpha value is -3.35. The Morgan fingerprint density at radius 1 is 1.03 bits per heavy atom. The minimum Gasteiger partial charge on any atom is -0.497 e. The molecule has 0 bridgehead atoms. The van der Waals surface area contributed by atoms with Gasteiger partial charge in [0.1, 0.15) is 11.5 Å². The van der Waals surface area contributed by atoms with E-state index in [0.717, 1.165) is 29.0 Å². The molecule has 0 aliphatic carbocycles. The second-order valence-corrected chi connectivity index (χ2v) is 6.54. The van der Waals surface area contributed by atoms with E-state index in [9.17, 15) is 4.79 Å². The van der Waals surface area contributed by atoms with E-state index in [4.69, 9.17) is 14.0 Å². The summed E-state index contributed by atoms with van der Waals surface area (Å²) in [6.07, 6.45) is 1.45. The number of amides is 1. The fourth-order valence-corrected chi connectivity index (χ4v) is 2.96. The number of carbonyl (C=O) groups is 1. The van der Waals surface area contributed by atoms with Gasteiger partial charge >= 0.3 is 0 Å². The van der Waals surface area contributed by atoms with Crippen molar-refractivity contribution in [1.29, 1.82) is 0 Å². The van der Waals surface area contributed by atoms with Crippen LogP contribution in [0.2, 0.25) is 0 Å². The first-order valence-electron chi connectivity index (χ1n) is 9.53. The molecule has 7 heteroatoms. The molecule has 1 aromatic heterocycles. The van der Waals surface area contributed by atoms with Crippen molar-refractivity contribution in [2.75, 3.05) is 14.2 Å². The molecule has 152 valence electrons. The molecule has 0 radical (unpaired) electrons. The first kappa shape index (κ1) is 20.4. The monoisotopic (exact) mass is 395 g/mol. The molecule has 1 unspecified atom stereocenters. The highest BCUT2D eigenvalue weighted by molar-refractivity contribution is 5.76. The maximum atomic E-state index is 12.4. The predicted octanol–water partition coefficient (Wildman–Crippen LogP) is 3.95. The number of carbonyl (C=O) groups excluding carboxylic acids is 1. The molecular weight excluding hydrogens is 370 g/mol. The molecule has 1 heterocycles. The molecule has 0 spiro atoms. The molecular formula is C22H25N3O4. The van der Waals surface area contributed by atoms with Gasteiger partial charge in [0.15, 0.2) is 0 Å². The summed E-state index contributed by atoms with van der Waals surface area (Å²) in [5, 5.41) is 7.05. The van der Waals surface area contributed by atoms with Gasteiger partial charge in [0.05, 0.1) is 20.3 Å². The summed E-state index contributed by atoms with van der Waals surface area (Å²) >= 11 is 0. The van der Waals surface area contributed by atoms with Crippen LogP contribution in [0, 0.1) is 0 Å². The van der Waals surface area contributed by atoms with Crippen molar-refractivity contribution < 1.29 is 18.8 Å². The average Bonchev–Trinajstić information content (AvgIpc) is 3.25. The summed E-state index contributed by atoms with van der Waals surface area (Å²) in [6.45, 7) is 2.04. The SMILES string of the molecule is CCC(NC(=O)CCc1nc(-c2ccc(OC)cc2)no1)c1ccc(OC)cc1. The van der Waals surface area contributed by atoms with Crippen LogP contribution in [0.3, 0.4) is 0 Å². The molecule has 0 aliphatic heterocycles. The number of benzene rings is 2. The largest absolute Gasteiger partial charge is 0.497 e. The maximum Gasteiger partial charge on any atom is 0.227 e. The number of aryl methyl sites for hydroxylation is 1. The van der Waals surface area contributed by atoms with Gasteiger partial charge in [-0.2, -0.15) is 4.98 Å². The van der Waals surface area contributed by atoms with E-state index in [0.29, 0.717) is 18.1 Å². The van der Waals surface area contributed by atoms with Gasteiger partial charge in [0.25, 0.3) is 0 Å². The maximum absolute atomic E-state index is 12.4. The molecule has 1 amide bonds. The third kappa shape index (κ3) is 5.34. The van der Waals surface area contributed by atoms with Crippen molar-refractivity contribution in [3.63, 3.8) is 0 Å². The molecule has 2 aromatic carbocycles. The summed E-state index contributed by atoms with van der Waals surface area (Å²) in [7, 11) is 3.25. The fourth-order valence-electron chi connectivity index (χ4n) is 2.96. The van der Waals surface area contributed by atoms with Crippen LogP contribution in [0.5, 0.6) is 11.5 Å². The van der Waals surface area contributed by atoms with Crippen LogP contribution in [0.15, 0.2) is 53.1 Å². The van der Waals surface area contributed by atoms with Crippen LogP contribution in [0.1, 0.15) is 37.3 Å². The lowest BCUT2D eigenvalue weighted by Crippen LogP contribution is -2.28. The minimum atomic E-state index is -0.0585. The van der Waals surface area contributed by atoms with Gasteiger partial charge in [0.2, 0.25) is 17.6 Å². The van der Waals surface area contributed by atoms with Crippen molar-refractivity contribution in [2.45, 2.75) is 32.2 Å². The molecule has 3 aromatic rings. The van der Waals surface area contributed by atoms with Crippen LogP contribution < -0.4 is 14.8 Å². The second kappa shape index (κ2) is 9.73. The van der Waals surface area contributed by atoms with Gasteiger partial charge in [-0.15, -0.1) is 0 Å². The topological polar surface area (TPSA) is 86.5 Å². The van der Waals surface area contributed by atoms with E-state index >= 15 is 0 Å². The zero-order chi connectivity index (χ0) is 20.6. The van der Waals surface area contributed by atoms with E-state index in [-0.39, 0.29) is 18.4 Å². The van der Waals surface area contributed by atoms with Crippen molar-refractivity contribution in [3.8, 4) is 22.9 Å². The molecule has 1 N–H and O–H groups in total. The number of hydrogen-bond acceptors (Lipinski definition) is 6. The second-order valence-electron chi connectivity index (χ2n) is 6.54. The third-order valence-electron chi connectivity index (χ3n) is 4.64. The van der Waals surface area contributed by atoms with E-state index in [1.165, 1.54) is 0 Å². The highest BCUT2D eigenvalue weighted by Crippen LogP contribution is 2.21. The molecule has 0 fully saturated rings. The lowest BCUT2D eigenvalue weighted by molar-refractivity contribution is -0.121. The fraction of sp³-hybridized carbons (Fsp3) is 0.318. The van der Waals surface area contributed by atoms with Crippen molar-refractivity contribution >= 4 is 5.91 Å². The summed E-state index contributed by atoms with van der Waals surface area (Å²) in [4.78, 5) is 16.8. The van der Waals surface area contributed by atoms with E-state index < -0.39 is 0 Å². The zero-order valence-electron chi connectivity index (χ0n) is 16.8. The smallest absolute Gasteiger partial charge is 0.227 e. The quantitative estimate of drug-likeness (QED) is 0.590. The van der Waals surface area contributed by atoms with Crippen LogP contribution in [0.25, 0.3) is 11.4 Å². The number of ether oxygens (including phenoxy) is 2. The van der Waals surface area contributed by atoms with Crippen LogP contribution >= 0.6 is 0 Å². The van der Waals surface area contributed by atoms with E-state index in [1.54, 1.807) is 14.2 Å². The first-order valence-corrected chi connectivity index (χ1v) is 9.53. The standard InChI is InChI=1S/C22H25N3O4/c1-4-19(15-5-9-17(27-2)10-6-15)23-20(26)13-14-21-24-22(25-29-21)16-7-11-18(28-3)12-8-16/h5-12,19H,4,13-14H2,1-3H3,(H,23,26). The molecule has 1 atom stereocenters. The summed E-state index contributed by atoms with van der Waals surface area (Å²) in [5.74, 6) is 2.42. The van der Waals surface area contributed by atoms with Gasteiger partial charge in [-0.1, -0.05) is 24.2 Å². The average molecular weight is 395 g/mol. The van der Waals surface area contributed by atoms with Gasteiger partial charge in [-0.25, -0.2) is 0 Å². The molecule has 7 nitrogen and oxygen atoms in total. The Kier molecular flexibility index (Phi) is 6.84. The van der Waals surface area contributed by atoms with Crippen molar-refractivity contribution in [3.05, 3.63) is 60.0 Å². The number of aromatic nitrogens is 2. The Morgan fingerprint density at radius 3 is 2.24 bits per heavy atom. The van der Waals surface area contributed by atoms with Gasteiger partial charge in [0, 0.05) is 18.4 Å². The Morgan fingerprint density at radius 2 is 1.66 bits per heavy atom. The van der Waals surface area contributed by atoms with Crippen LogP contribution in [0.4, 0.5) is 0 Å². The number of hydrogen-bond donors (Lipinski definition) is 1. The van der Waals surface area contributed by atoms with Crippen LogP contribution in [-0.4, -0.2) is 30.3 Å². The molecule has 29 heavy (non-hydrogen) atoms. The normalized spacial score (nSPS) is 11.7. The van der Waals surface area contributed by atoms with Gasteiger partial charge < -0.3 is 19.3 Å². The highest BCUT2D eigenvalue weighted by Gasteiger charge is 2.15. The zero-order valence-corrected chi connectivity index (χ0v) is 16.8. The molecule has 0 saturated carbocycles. The molecule has 0 saturated heterocycles. The van der Waals surface area contributed by atoms with Crippen molar-refractivity contribution in [1.82, 2.24) is 15.5 Å². The lowest BCUT2D eigenvalue weighted by atomic mass is 10.0. The summed E-state index contributed by atoms with van der Waals surface area (Å²) in [6, 6.07) is 15.1. The Balaban J connectivity index is 1.55. The highest BCUT2D eigenvalue weighted by atomic mass is 16.5. The molecule has 3 rings (SSSR count). The first-order chi connectivity index (χ1) is 14.1. The molecule has 0 aliphatic rings. The van der Waals surface area contributed by atoms with Crippen LogP contribution in [-0.2, 0) is 11.2 Å².